The Morgan fingerprint density at radius 2 is 1.48 bits per heavy atom. The second-order valence-corrected chi connectivity index (χ2v) is 9.18. The molecule has 1 amide bonds. The lowest BCUT2D eigenvalue weighted by Gasteiger charge is -2.20. The number of hydrogen-bond acceptors (Lipinski definition) is 5. The van der Waals surface area contributed by atoms with E-state index < -0.39 is 0 Å². The van der Waals surface area contributed by atoms with Crippen LogP contribution in [0.15, 0.2) is 53.2 Å². The lowest BCUT2D eigenvalue weighted by atomic mass is 10.1. The molecule has 0 bridgehead atoms. The molecule has 4 rings (SSSR count). The molecule has 1 aromatic carbocycles. The van der Waals surface area contributed by atoms with Crippen molar-refractivity contribution in [3.05, 3.63) is 58.8 Å². The normalized spacial score (nSPS) is 11.7. The van der Waals surface area contributed by atoms with Gasteiger partial charge in [0.1, 0.15) is 11.4 Å². The van der Waals surface area contributed by atoms with Gasteiger partial charge in [-0.15, -0.1) is 22.7 Å². The predicted octanol–water partition coefficient (Wildman–Crippen LogP) is 5.62. The van der Waals surface area contributed by atoms with Crippen molar-refractivity contribution in [2.45, 2.75) is 26.3 Å². The maximum atomic E-state index is 12.5. The first-order valence-electron chi connectivity index (χ1n) is 8.63. The second-order valence-electron chi connectivity index (χ2n) is 7.28. The zero-order valence-corrected chi connectivity index (χ0v) is 16.9. The van der Waals surface area contributed by atoms with E-state index in [-0.39, 0.29) is 11.4 Å². The monoisotopic (exact) mass is 393 g/mol. The average Bonchev–Trinajstić information content (AvgIpc) is 3.32. The molecule has 0 spiro atoms. The van der Waals surface area contributed by atoms with Crippen LogP contribution in [0.5, 0.6) is 0 Å². The fourth-order valence-corrected chi connectivity index (χ4v) is 4.21. The first-order valence-corrected chi connectivity index (χ1v) is 10.4. The quantitative estimate of drug-likeness (QED) is 0.492. The van der Waals surface area contributed by atoms with Gasteiger partial charge in [-0.05, 0) is 61.9 Å². The molecule has 3 aromatic heterocycles. The molecule has 0 unspecified atom stereocenters. The third-order valence-corrected chi connectivity index (χ3v) is 5.68. The number of thiophene rings is 2. The Morgan fingerprint density at radius 3 is 2.00 bits per heavy atom. The molecule has 0 saturated heterocycles. The Morgan fingerprint density at radius 1 is 0.889 bits per heavy atom. The summed E-state index contributed by atoms with van der Waals surface area (Å²) in [6.07, 6.45) is 0. The van der Waals surface area contributed by atoms with Crippen LogP contribution in [0.4, 0.5) is 0 Å². The third-order valence-electron chi connectivity index (χ3n) is 3.92. The van der Waals surface area contributed by atoms with Crippen molar-refractivity contribution >= 4 is 39.6 Å². The van der Waals surface area contributed by atoms with E-state index in [1.165, 1.54) is 0 Å². The molecule has 0 aliphatic carbocycles. The summed E-state index contributed by atoms with van der Waals surface area (Å²) >= 11 is 3.29. The Bertz CT molecular complexity index is 1090. The molecule has 4 nitrogen and oxygen atoms in total. The summed E-state index contributed by atoms with van der Waals surface area (Å²) in [5, 5.41) is 7.07. The summed E-state index contributed by atoms with van der Waals surface area (Å²) in [5.41, 5.74) is 3.54. The molecule has 6 heteroatoms. The van der Waals surface area contributed by atoms with E-state index in [0.717, 1.165) is 32.2 Å². The van der Waals surface area contributed by atoms with E-state index in [1.54, 1.807) is 28.7 Å². The lowest BCUT2D eigenvalue weighted by molar-refractivity contribution is 0.0919. The highest BCUT2D eigenvalue weighted by Crippen LogP contribution is 2.35. The van der Waals surface area contributed by atoms with Crippen LogP contribution in [-0.4, -0.2) is 21.4 Å². The van der Waals surface area contributed by atoms with Gasteiger partial charge in [0.25, 0.3) is 5.91 Å². The zero-order valence-electron chi connectivity index (χ0n) is 15.3. The predicted molar refractivity (Wildman–Crippen MR) is 113 cm³/mol. The molecule has 4 aromatic rings. The van der Waals surface area contributed by atoms with Gasteiger partial charge in [0.2, 0.25) is 0 Å². The van der Waals surface area contributed by atoms with E-state index in [2.05, 4.69) is 11.4 Å². The molecule has 27 heavy (non-hydrogen) atoms. The molecule has 0 aliphatic heterocycles. The van der Waals surface area contributed by atoms with Gasteiger partial charge in [0.05, 0.1) is 20.8 Å². The van der Waals surface area contributed by atoms with Crippen molar-refractivity contribution in [3.8, 4) is 21.1 Å². The summed E-state index contributed by atoms with van der Waals surface area (Å²) in [7, 11) is 0. The van der Waals surface area contributed by atoms with E-state index in [9.17, 15) is 4.79 Å². The van der Waals surface area contributed by atoms with Gasteiger partial charge >= 0.3 is 0 Å². The van der Waals surface area contributed by atoms with Crippen LogP contribution in [0.2, 0.25) is 0 Å². The third kappa shape index (κ3) is 3.77. The first-order chi connectivity index (χ1) is 12.9. The number of benzene rings is 1. The number of rotatable bonds is 3. The molecule has 0 fully saturated rings. The van der Waals surface area contributed by atoms with Crippen LogP contribution in [0, 0.1) is 0 Å². The van der Waals surface area contributed by atoms with Crippen molar-refractivity contribution in [1.82, 2.24) is 15.3 Å². The summed E-state index contributed by atoms with van der Waals surface area (Å²) in [4.78, 5) is 24.4. The van der Waals surface area contributed by atoms with E-state index in [4.69, 9.17) is 9.97 Å². The molecular weight excluding hydrogens is 374 g/mol. The van der Waals surface area contributed by atoms with Crippen molar-refractivity contribution in [2.75, 3.05) is 0 Å². The van der Waals surface area contributed by atoms with E-state index >= 15 is 0 Å². The van der Waals surface area contributed by atoms with E-state index in [1.807, 2.05) is 61.9 Å². The van der Waals surface area contributed by atoms with Gasteiger partial charge in [-0.25, -0.2) is 9.97 Å². The smallest absolute Gasteiger partial charge is 0.251 e. The minimum Gasteiger partial charge on any atom is -0.347 e. The Labute approximate surface area is 165 Å². The number of amides is 1. The van der Waals surface area contributed by atoms with Gasteiger partial charge in [-0.3, -0.25) is 4.79 Å². The summed E-state index contributed by atoms with van der Waals surface area (Å²) in [5.74, 6) is -0.105. The van der Waals surface area contributed by atoms with Crippen molar-refractivity contribution in [2.24, 2.45) is 0 Å². The summed E-state index contributed by atoms with van der Waals surface area (Å²) < 4.78 is 0. The van der Waals surface area contributed by atoms with Crippen LogP contribution in [-0.2, 0) is 0 Å². The maximum absolute atomic E-state index is 12.5. The maximum Gasteiger partial charge on any atom is 0.251 e. The minimum absolute atomic E-state index is 0.105. The first kappa shape index (κ1) is 17.8. The number of hydrogen-bond donors (Lipinski definition) is 1. The Balaban J connectivity index is 1.85. The molecule has 136 valence electrons. The molecule has 0 atom stereocenters. The molecule has 0 aliphatic rings. The standard InChI is InChI=1S/C21H19N3OS2/c1-21(2,3)24-20(25)13-8-9-14-15(12-13)23-19(17-7-5-11-27-17)18(22-14)16-6-4-10-26-16/h4-12H,1-3H3,(H,24,25). The number of fused-ring (bicyclic) bond motifs is 1. The van der Waals surface area contributed by atoms with Gasteiger partial charge in [-0.2, -0.15) is 0 Å². The molecular formula is C21H19N3OS2. The van der Waals surface area contributed by atoms with E-state index in [0.29, 0.717) is 5.56 Å². The van der Waals surface area contributed by atoms with Crippen LogP contribution in [0.1, 0.15) is 31.1 Å². The lowest BCUT2D eigenvalue weighted by Crippen LogP contribution is -2.40. The van der Waals surface area contributed by atoms with Crippen molar-refractivity contribution in [1.29, 1.82) is 0 Å². The van der Waals surface area contributed by atoms with Gasteiger partial charge in [0, 0.05) is 11.1 Å². The second kappa shape index (κ2) is 6.87. The number of carbonyl (C=O) groups is 1. The van der Waals surface area contributed by atoms with Crippen molar-refractivity contribution < 1.29 is 4.79 Å². The number of aromatic nitrogens is 2. The minimum atomic E-state index is -0.289. The molecule has 0 radical (unpaired) electrons. The zero-order chi connectivity index (χ0) is 19.0. The van der Waals surface area contributed by atoms with Crippen molar-refractivity contribution in [3.63, 3.8) is 0 Å². The fourth-order valence-electron chi connectivity index (χ4n) is 2.78. The molecule has 1 N–H and O–H groups in total. The topological polar surface area (TPSA) is 54.9 Å². The van der Waals surface area contributed by atoms with Crippen LogP contribution < -0.4 is 5.32 Å². The van der Waals surface area contributed by atoms with Gasteiger partial charge in [0.15, 0.2) is 0 Å². The Hall–Kier alpha value is -2.57. The largest absolute Gasteiger partial charge is 0.347 e. The molecule has 0 saturated carbocycles. The van der Waals surface area contributed by atoms with Crippen LogP contribution in [0.3, 0.4) is 0 Å². The van der Waals surface area contributed by atoms with Crippen LogP contribution >= 0.6 is 22.7 Å². The Kier molecular flexibility index (Phi) is 4.53. The SMILES string of the molecule is CC(C)(C)NC(=O)c1ccc2nc(-c3cccs3)c(-c3cccs3)nc2c1. The van der Waals surface area contributed by atoms with Gasteiger partial charge in [-0.1, -0.05) is 12.1 Å². The number of carbonyl (C=O) groups excluding carboxylic acids is 1. The highest BCUT2D eigenvalue weighted by molar-refractivity contribution is 7.14. The fraction of sp³-hybridized carbons (Fsp3) is 0.190. The summed E-state index contributed by atoms with van der Waals surface area (Å²) in [6, 6.07) is 13.6. The molecule has 3 heterocycles. The number of nitrogens with zero attached hydrogens (tertiary/aromatic N) is 2. The highest BCUT2D eigenvalue weighted by atomic mass is 32.1. The van der Waals surface area contributed by atoms with Crippen LogP contribution in [0.25, 0.3) is 32.2 Å². The number of nitrogens with one attached hydrogen (secondary N) is 1. The summed E-state index contributed by atoms with van der Waals surface area (Å²) in [6.45, 7) is 5.90. The average molecular weight is 394 g/mol. The highest BCUT2D eigenvalue weighted by Gasteiger charge is 2.18. The van der Waals surface area contributed by atoms with Gasteiger partial charge < -0.3 is 5.32 Å².